The molecule has 2 heterocycles. The number of likely N-dealkylation sites (tertiary alicyclic amines) is 1. The Bertz CT molecular complexity index is 735. The van der Waals surface area contributed by atoms with Crippen LogP contribution in [-0.4, -0.2) is 70.1 Å². The molecule has 1 amide bonds. The average molecular weight is 397 g/mol. The summed E-state index contributed by atoms with van der Waals surface area (Å²) in [6.45, 7) is 8.36. The van der Waals surface area contributed by atoms with Crippen LogP contribution in [0.15, 0.2) is 29.2 Å². The van der Waals surface area contributed by atoms with Gasteiger partial charge >= 0.3 is 0 Å². The van der Waals surface area contributed by atoms with Crippen molar-refractivity contribution in [3.63, 3.8) is 0 Å². The molecule has 2 aliphatic heterocycles. The summed E-state index contributed by atoms with van der Waals surface area (Å²) in [4.78, 5) is 14.0. The molecule has 2 fully saturated rings. The summed E-state index contributed by atoms with van der Waals surface area (Å²) in [6.07, 6.45) is 2.26. The number of quaternary nitrogens is 1. The van der Waals surface area contributed by atoms with Crippen LogP contribution in [0, 0.1) is 0 Å². The quantitative estimate of drug-likeness (QED) is 0.703. The third kappa shape index (κ3) is 5.07. The molecule has 3 rings (SSSR count). The number of hydrogen-bond donors (Lipinski definition) is 2. The van der Waals surface area contributed by atoms with Gasteiger partial charge in [0.2, 0.25) is 10.0 Å². The summed E-state index contributed by atoms with van der Waals surface area (Å²) in [5.74, 6) is -0.161. The molecule has 0 unspecified atom stereocenters. The monoisotopic (exact) mass is 396 g/mol. The van der Waals surface area contributed by atoms with E-state index in [9.17, 15) is 13.2 Å². The van der Waals surface area contributed by atoms with Gasteiger partial charge in [0.1, 0.15) is 0 Å². The Morgan fingerprint density at radius 1 is 1.15 bits per heavy atom. The van der Waals surface area contributed by atoms with Crippen molar-refractivity contribution in [3.05, 3.63) is 29.8 Å². The molecule has 1 aromatic carbocycles. The van der Waals surface area contributed by atoms with Crippen molar-refractivity contribution < 1.29 is 22.8 Å². The predicted octanol–water partition coefficient (Wildman–Crippen LogP) is -0.107. The molecule has 150 valence electrons. The van der Waals surface area contributed by atoms with Crippen molar-refractivity contribution in [2.45, 2.75) is 43.8 Å². The van der Waals surface area contributed by atoms with E-state index in [1.807, 2.05) is 13.8 Å². The van der Waals surface area contributed by atoms with Crippen molar-refractivity contribution in [1.82, 2.24) is 9.62 Å². The largest absolute Gasteiger partial charge is 0.373 e. The van der Waals surface area contributed by atoms with Gasteiger partial charge in [0.25, 0.3) is 5.91 Å². The molecule has 0 aliphatic carbocycles. The number of benzene rings is 1. The van der Waals surface area contributed by atoms with Gasteiger partial charge in [0, 0.05) is 31.5 Å². The highest BCUT2D eigenvalue weighted by atomic mass is 32.2. The van der Waals surface area contributed by atoms with Gasteiger partial charge in [-0.1, -0.05) is 0 Å². The van der Waals surface area contributed by atoms with E-state index >= 15 is 0 Å². The molecule has 1 aromatic rings. The fraction of sp³-hybridized carbons (Fsp3) is 0.632. The fourth-order valence-electron chi connectivity index (χ4n) is 3.83. The number of carbonyl (C=O) groups is 1. The van der Waals surface area contributed by atoms with Crippen LogP contribution in [0.2, 0.25) is 0 Å². The third-order valence-corrected chi connectivity index (χ3v) is 7.06. The van der Waals surface area contributed by atoms with Crippen LogP contribution in [0.4, 0.5) is 0 Å². The van der Waals surface area contributed by atoms with Gasteiger partial charge < -0.3 is 15.0 Å². The molecule has 8 heteroatoms. The topological polar surface area (TPSA) is 80.2 Å². The number of carbonyl (C=O) groups excluding carboxylic acids is 1. The summed E-state index contributed by atoms with van der Waals surface area (Å²) in [7, 11) is -3.58. The number of ether oxygens (including phenoxy) is 1. The standard InChI is InChI=1S/C19H29N3O4S/c1-15-13-22(14-16(2)26-15)27(24,25)18-7-5-17(6-8-18)19(23)20-9-12-21-10-3-4-11-21/h5-8,15-16H,3-4,9-14H2,1-2H3,(H,20,23)/p+1/t15-,16+. The first-order valence-corrected chi connectivity index (χ1v) is 11.2. The van der Waals surface area contributed by atoms with Crippen molar-refractivity contribution in [3.8, 4) is 0 Å². The highest BCUT2D eigenvalue weighted by Gasteiger charge is 2.32. The van der Waals surface area contributed by atoms with E-state index in [2.05, 4.69) is 5.32 Å². The Morgan fingerprint density at radius 3 is 2.33 bits per heavy atom. The van der Waals surface area contributed by atoms with E-state index in [4.69, 9.17) is 4.74 Å². The Labute approximate surface area is 161 Å². The minimum absolute atomic E-state index is 0.133. The van der Waals surface area contributed by atoms with Gasteiger partial charge in [-0.25, -0.2) is 8.42 Å². The summed E-state index contributed by atoms with van der Waals surface area (Å²) >= 11 is 0. The molecule has 2 saturated heterocycles. The molecule has 0 aromatic heterocycles. The van der Waals surface area contributed by atoms with Crippen LogP contribution in [0.25, 0.3) is 0 Å². The highest BCUT2D eigenvalue weighted by molar-refractivity contribution is 7.89. The maximum absolute atomic E-state index is 12.8. The Kier molecular flexibility index (Phi) is 6.52. The van der Waals surface area contributed by atoms with Crippen molar-refractivity contribution in [1.29, 1.82) is 0 Å². The van der Waals surface area contributed by atoms with E-state index in [0.29, 0.717) is 25.2 Å². The molecule has 0 radical (unpaired) electrons. The second-order valence-corrected chi connectivity index (χ2v) is 9.50. The van der Waals surface area contributed by atoms with Crippen molar-refractivity contribution >= 4 is 15.9 Å². The van der Waals surface area contributed by atoms with E-state index in [0.717, 1.165) is 6.54 Å². The molecule has 2 atom stereocenters. The number of sulfonamides is 1. The summed E-state index contributed by atoms with van der Waals surface area (Å²) in [6, 6.07) is 6.19. The zero-order valence-electron chi connectivity index (χ0n) is 16.1. The third-order valence-electron chi connectivity index (χ3n) is 5.22. The van der Waals surface area contributed by atoms with Gasteiger partial charge in [-0.2, -0.15) is 4.31 Å². The molecular weight excluding hydrogens is 366 g/mol. The van der Waals surface area contributed by atoms with Gasteiger partial charge in [-0.15, -0.1) is 0 Å². The minimum Gasteiger partial charge on any atom is -0.373 e. The van der Waals surface area contributed by atoms with E-state index in [1.165, 1.54) is 47.3 Å². The zero-order chi connectivity index (χ0) is 19.4. The lowest BCUT2D eigenvalue weighted by molar-refractivity contribution is -0.886. The number of amides is 1. The van der Waals surface area contributed by atoms with Gasteiger partial charge in [0.05, 0.1) is 43.3 Å². The first kappa shape index (κ1) is 20.3. The van der Waals surface area contributed by atoms with Crippen molar-refractivity contribution in [2.24, 2.45) is 0 Å². The SMILES string of the molecule is C[C@@H]1CN(S(=O)(=O)c2ccc(C(=O)NCC[NH+]3CCCC3)cc2)C[C@H](C)O1. The lowest BCUT2D eigenvalue weighted by atomic mass is 10.2. The maximum atomic E-state index is 12.8. The predicted molar refractivity (Wildman–Crippen MR) is 102 cm³/mol. The molecule has 7 nitrogen and oxygen atoms in total. The Morgan fingerprint density at radius 2 is 1.74 bits per heavy atom. The molecule has 27 heavy (non-hydrogen) atoms. The van der Waals surface area contributed by atoms with Crippen LogP contribution in [0.3, 0.4) is 0 Å². The van der Waals surface area contributed by atoms with Crippen LogP contribution in [0.5, 0.6) is 0 Å². The van der Waals surface area contributed by atoms with Gasteiger partial charge in [-0.05, 0) is 38.1 Å². The van der Waals surface area contributed by atoms with E-state index in [-0.39, 0.29) is 23.0 Å². The second-order valence-electron chi connectivity index (χ2n) is 7.57. The van der Waals surface area contributed by atoms with Crippen molar-refractivity contribution in [2.75, 3.05) is 39.3 Å². The first-order chi connectivity index (χ1) is 12.9. The average Bonchev–Trinajstić information content (AvgIpc) is 3.14. The highest BCUT2D eigenvalue weighted by Crippen LogP contribution is 2.21. The number of rotatable bonds is 6. The zero-order valence-corrected chi connectivity index (χ0v) is 16.9. The smallest absolute Gasteiger partial charge is 0.251 e. The molecule has 0 spiro atoms. The molecule has 2 aliphatic rings. The minimum atomic E-state index is -3.58. The summed E-state index contributed by atoms with van der Waals surface area (Å²) < 4.78 is 32.8. The lowest BCUT2D eigenvalue weighted by Gasteiger charge is -2.34. The number of morpholine rings is 1. The second kappa shape index (κ2) is 8.68. The molecule has 0 saturated carbocycles. The van der Waals surface area contributed by atoms with Crippen LogP contribution in [0.1, 0.15) is 37.0 Å². The fourth-order valence-corrected chi connectivity index (χ4v) is 5.42. The molecular formula is C19H30N3O4S+. The normalized spacial score (nSPS) is 24.8. The summed E-state index contributed by atoms with van der Waals surface area (Å²) in [5.41, 5.74) is 0.481. The van der Waals surface area contributed by atoms with Crippen LogP contribution >= 0.6 is 0 Å². The Hall–Kier alpha value is -1.48. The Balaban J connectivity index is 1.59. The first-order valence-electron chi connectivity index (χ1n) is 9.73. The van der Waals surface area contributed by atoms with Gasteiger partial charge in [0.15, 0.2) is 0 Å². The van der Waals surface area contributed by atoms with E-state index in [1.54, 1.807) is 12.1 Å². The number of nitrogens with zero attached hydrogens (tertiary/aromatic N) is 1. The maximum Gasteiger partial charge on any atom is 0.251 e. The van der Waals surface area contributed by atoms with Crippen LogP contribution < -0.4 is 10.2 Å². The van der Waals surface area contributed by atoms with Gasteiger partial charge in [-0.3, -0.25) is 4.79 Å². The summed E-state index contributed by atoms with van der Waals surface area (Å²) in [5, 5.41) is 2.92. The molecule has 0 bridgehead atoms. The molecule has 2 N–H and O–H groups in total. The number of nitrogens with one attached hydrogen (secondary N) is 2. The van der Waals surface area contributed by atoms with E-state index < -0.39 is 10.0 Å². The van der Waals surface area contributed by atoms with Crippen LogP contribution in [-0.2, 0) is 14.8 Å². The number of hydrogen-bond acceptors (Lipinski definition) is 4. The lowest BCUT2D eigenvalue weighted by Crippen LogP contribution is -3.10.